The maximum atomic E-state index is 2.49. The molecular weight excluding hydrogens is 583 g/mol. The van der Waals surface area contributed by atoms with Crippen LogP contribution in [0.25, 0.3) is 62.6 Å². The summed E-state index contributed by atoms with van der Waals surface area (Å²) in [5, 5.41) is 5.19. The zero-order chi connectivity index (χ0) is 29.7. The molecule has 0 bridgehead atoms. The minimum atomic E-state index is 1.15. The molecule has 2 aromatic heterocycles. The minimum absolute atomic E-state index is 1.15. The van der Waals surface area contributed by atoms with Gasteiger partial charge in [0.05, 0.1) is 16.1 Å². The van der Waals surface area contributed by atoms with E-state index in [2.05, 4.69) is 169 Å². The van der Waals surface area contributed by atoms with E-state index in [1.54, 1.807) is 0 Å². The van der Waals surface area contributed by atoms with E-state index in [0.717, 1.165) is 5.69 Å². The van der Waals surface area contributed by atoms with Gasteiger partial charge in [-0.15, -0.1) is 22.7 Å². The molecule has 0 saturated carbocycles. The van der Waals surface area contributed by atoms with Crippen LogP contribution >= 0.6 is 22.7 Å². The Hall–Kier alpha value is -5.22. The van der Waals surface area contributed by atoms with Crippen LogP contribution in [-0.2, 0) is 0 Å². The minimum Gasteiger partial charge on any atom is -0.308 e. The third-order valence-corrected chi connectivity index (χ3v) is 11.1. The number of nitrogens with zero attached hydrogens (tertiary/aromatic N) is 1. The maximum Gasteiger partial charge on any atom is 0.0640 e. The van der Waals surface area contributed by atoms with Gasteiger partial charge in [-0.25, -0.2) is 0 Å². The first-order valence-electron chi connectivity index (χ1n) is 15.2. The van der Waals surface area contributed by atoms with Crippen LogP contribution in [0.4, 0.5) is 17.1 Å². The van der Waals surface area contributed by atoms with Gasteiger partial charge < -0.3 is 4.90 Å². The van der Waals surface area contributed by atoms with Crippen molar-refractivity contribution in [2.45, 2.75) is 0 Å². The van der Waals surface area contributed by atoms with Gasteiger partial charge in [0.1, 0.15) is 0 Å². The van der Waals surface area contributed by atoms with Crippen molar-refractivity contribution in [1.29, 1.82) is 0 Å². The van der Waals surface area contributed by atoms with E-state index in [1.165, 1.54) is 74.0 Å². The van der Waals surface area contributed by atoms with Crippen LogP contribution in [0.3, 0.4) is 0 Å². The van der Waals surface area contributed by atoms with Gasteiger partial charge in [0, 0.05) is 41.3 Å². The molecule has 0 radical (unpaired) electrons. The van der Waals surface area contributed by atoms with Gasteiger partial charge in [-0.3, -0.25) is 0 Å². The van der Waals surface area contributed by atoms with E-state index in [9.17, 15) is 0 Å². The highest BCUT2D eigenvalue weighted by Crippen LogP contribution is 2.50. The van der Waals surface area contributed by atoms with Crippen molar-refractivity contribution in [3.8, 4) is 22.3 Å². The number of benzene rings is 7. The molecule has 3 heteroatoms. The Morgan fingerprint density at radius 3 is 1.82 bits per heavy atom. The van der Waals surface area contributed by atoms with Gasteiger partial charge in [-0.05, 0) is 58.7 Å². The van der Waals surface area contributed by atoms with Crippen LogP contribution in [0, 0.1) is 0 Å². The van der Waals surface area contributed by atoms with E-state index < -0.39 is 0 Å². The summed E-state index contributed by atoms with van der Waals surface area (Å²) in [5.41, 5.74) is 8.49. The number of thiophene rings is 2. The summed E-state index contributed by atoms with van der Waals surface area (Å²) in [6.07, 6.45) is 0. The molecule has 0 atom stereocenters. The van der Waals surface area contributed by atoms with Crippen molar-refractivity contribution < 1.29 is 0 Å². The summed E-state index contributed by atoms with van der Waals surface area (Å²) in [6, 6.07) is 59.5. The Bertz CT molecular complexity index is 2490. The lowest BCUT2D eigenvalue weighted by Crippen LogP contribution is -2.10. The van der Waals surface area contributed by atoms with Crippen molar-refractivity contribution >= 4 is 80.1 Å². The SMILES string of the molecule is c1ccc(-c2cccc(N(c3cccc4c3sc3c(-c5ccccc5)cccc34)c3cccc4sc5ccccc5c34)c2)cc1. The van der Waals surface area contributed by atoms with Crippen molar-refractivity contribution in [3.05, 3.63) is 164 Å². The number of hydrogen-bond donors (Lipinski definition) is 0. The zero-order valence-corrected chi connectivity index (χ0v) is 26.0. The first kappa shape index (κ1) is 26.2. The molecule has 0 N–H and O–H groups in total. The van der Waals surface area contributed by atoms with Crippen LogP contribution in [0.15, 0.2) is 164 Å². The summed E-state index contributed by atoms with van der Waals surface area (Å²) in [5.74, 6) is 0. The zero-order valence-electron chi connectivity index (χ0n) is 24.4. The predicted octanol–water partition coefficient (Wildman–Crippen LogP) is 13.2. The highest BCUT2D eigenvalue weighted by atomic mass is 32.1. The third kappa shape index (κ3) is 4.35. The molecular formula is C42H27NS2. The molecule has 45 heavy (non-hydrogen) atoms. The highest BCUT2D eigenvalue weighted by molar-refractivity contribution is 7.27. The van der Waals surface area contributed by atoms with Crippen LogP contribution in [0.2, 0.25) is 0 Å². The smallest absolute Gasteiger partial charge is 0.0640 e. The fraction of sp³-hybridized carbons (Fsp3) is 0. The second kappa shape index (κ2) is 10.7. The third-order valence-electron chi connectivity index (χ3n) is 8.66. The molecule has 0 aliphatic heterocycles. The van der Waals surface area contributed by atoms with Crippen LogP contribution < -0.4 is 4.90 Å². The summed E-state index contributed by atoms with van der Waals surface area (Å²) in [6.45, 7) is 0. The monoisotopic (exact) mass is 609 g/mol. The number of hydrogen-bond acceptors (Lipinski definition) is 3. The normalized spacial score (nSPS) is 11.6. The molecule has 212 valence electrons. The average Bonchev–Trinajstić information content (AvgIpc) is 3.69. The van der Waals surface area contributed by atoms with Gasteiger partial charge in [0.2, 0.25) is 0 Å². The Balaban J connectivity index is 1.35. The number of rotatable bonds is 5. The van der Waals surface area contributed by atoms with Gasteiger partial charge in [0.25, 0.3) is 0 Å². The van der Waals surface area contributed by atoms with Crippen molar-refractivity contribution in [1.82, 2.24) is 0 Å². The van der Waals surface area contributed by atoms with E-state index in [0.29, 0.717) is 0 Å². The summed E-state index contributed by atoms with van der Waals surface area (Å²) in [4.78, 5) is 2.49. The van der Waals surface area contributed by atoms with Gasteiger partial charge in [0.15, 0.2) is 0 Å². The Morgan fingerprint density at radius 2 is 0.978 bits per heavy atom. The molecule has 9 rings (SSSR count). The lowest BCUT2D eigenvalue weighted by atomic mass is 10.0. The van der Waals surface area contributed by atoms with Crippen LogP contribution in [-0.4, -0.2) is 0 Å². The van der Waals surface area contributed by atoms with E-state index >= 15 is 0 Å². The van der Waals surface area contributed by atoms with Crippen LogP contribution in [0.5, 0.6) is 0 Å². The molecule has 0 saturated heterocycles. The second-order valence-corrected chi connectivity index (χ2v) is 13.4. The van der Waals surface area contributed by atoms with Crippen molar-refractivity contribution in [3.63, 3.8) is 0 Å². The highest BCUT2D eigenvalue weighted by Gasteiger charge is 2.22. The first-order valence-corrected chi connectivity index (χ1v) is 16.8. The fourth-order valence-corrected chi connectivity index (χ4v) is 9.10. The summed E-state index contributed by atoms with van der Waals surface area (Å²) < 4.78 is 5.22. The summed E-state index contributed by atoms with van der Waals surface area (Å²) in [7, 11) is 0. The quantitative estimate of drug-likeness (QED) is 0.188. The van der Waals surface area contributed by atoms with E-state index in [4.69, 9.17) is 0 Å². The number of fused-ring (bicyclic) bond motifs is 6. The Labute approximate surface area is 269 Å². The fourth-order valence-electron chi connectivity index (χ4n) is 6.63. The maximum absolute atomic E-state index is 2.49. The van der Waals surface area contributed by atoms with E-state index in [1.807, 2.05) is 22.7 Å². The largest absolute Gasteiger partial charge is 0.308 e. The molecule has 2 heterocycles. The molecule has 9 aromatic rings. The molecule has 0 spiro atoms. The Morgan fingerprint density at radius 1 is 0.378 bits per heavy atom. The Kier molecular flexibility index (Phi) is 6.26. The van der Waals surface area contributed by atoms with Gasteiger partial charge in [-0.1, -0.05) is 127 Å². The lowest BCUT2D eigenvalue weighted by Gasteiger charge is -2.27. The molecule has 0 fully saturated rings. The molecule has 1 nitrogen and oxygen atoms in total. The molecule has 0 amide bonds. The van der Waals surface area contributed by atoms with Gasteiger partial charge >= 0.3 is 0 Å². The topological polar surface area (TPSA) is 3.24 Å². The predicted molar refractivity (Wildman–Crippen MR) is 198 cm³/mol. The lowest BCUT2D eigenvalue weighted by molar-refractivity contribution is 1.32. The van der Waals surface area contributed by atoms with Crippen molar-refractivity contribution in [2.24, 2.45) is 0 Å². The molecule has 0 aliphatic rings. The summed E-state index contributed by atoms with van der Waals surface area (Å²) >= 11 is 3.77. The van der Waals surface area contributed by atoms with Crippen molar-refractivity contribution in [2.75, 3.05) is 4.90 Å². The van der Waals surface area contributed by atoms with Gasteiger partial charge in [-0.2, -0.15) is 0 Å². The van der Waals surface area contributed by atoms with Crippen LogP contribution in [0.1, 0.15) is 0 Å². The molecule has 7 aromatic carbocycles. The molecule has 0 unspecified atom stereocenters. The number of anilines is 3. The first-order chi connectivity index (χ1) is 22.3. The standard InChI is InChI=1S/C42H27NS2/c1-3-13-28(14-4-1)30-17-9-18-31(27-30)43(36-23-12-26-39-40(36)35-19-7-8-25-38(35)44-39)37-24-11-22-34-33-21-10-20-32(41(33)45-42(34)37)29-15-5-2-6-16-29/h1-27H. The molecule has 0 aliphatic carbocycles. The second-order valence-electron chi connectivity index (χ2n) is 11.3. The van der Waals surface area contributed by atoms with E-state index in [-0.39, 0.29) is 0 Å². The average molecular weight is 610 g/mol.